The predicted octanol–water partition coefficient (Wildman–Crippen LogP) is 3.62. The van der Waals surface area contributed by atoms with Crippen molar-refractivity contribution in [1.82, 2.24) is 5.32 Å². The number of anilines is 2. The van der Waals surface area contributed by atoms with Crippen molar-refractivity contribution in [1.29, 1.82) is 0 Å². The van der Waals surface area contributed by atoms with Gasteiger partial charge in [-0.25, -0.2) is 0 Å². The number of hydrogen-bond donors (Lipinski definition) is 2. The number of benzene rings is 1. The lowest BCUT2D eigenvalue weighted by molar-refractivity contribution is -0.134. The fourth-order valence-electron chi connectivity index (χ4n) is 3.89. The lowest BCUT2D eigenvalue weighted by Crippen LogP contribution is -2.43. The molecule has 0 heterocycles. The zero-order valence-corrected chi connectivity index (χ0v) is 16.2. The number of aryl methyl sites for hydroxylation is 1. The molecule has 0 aliphatic heterocycles. The zero-order valence-electron chi connectivity index (χ0n) is 16.2. The second-order valence-corrected chi connectivity index (χ2v) is 7.66. The maximum Gasteiger partial charge on any atom is 0.240 e. The summed E-state index contributed by atoms with van der Waals surface area (Å²) in [6.45, 7) is 8.17. The maximum atomic E-state index is 12.8. The first kappa shape index (κ1) is 18.7. The summed E-state index contributed by atoms with van der Waals surface area (Å²) < 4.78 is 0. The molecular formula is C21H31N3O2. The molecule has 26 heavy (non-hydrogen) atoms. The highest BCUT2D eigenvalue weighted by Gasteiger charge is 2.56. The minimum absolute atomic E-state index is 0.0840. The molecule has 0 radical (unpaired) electrons. The van der Waals surface area contributed by atoms with Crippen molar-refractivity contribution in [3.63, 3.8) is 0 Å². The highest BCUT2D eigenvalue weighted by atomic mass is 16.2. The van der Waals surface area contributed by atoms with Gasteiger partial charge < -0.3 is 15.5 Å². The van der Waals surface area contributed by atoms with Crippen molar-refractivity contribution >= 4 is 23.2 Å². The highest BCUT2D eigenvalue weighted by Crippen LogP contribution is 2.47. The van der Waals surface area contributed by atoms with Crippen molar-refractivity contribution in [3.05, 3.63) is 23.8 Å². The first-order valence-corrected chi connectivity index (χ1v) is 9.98. The number of amides is 2. The van der Waals surface area contributed by atoms with Crippen LogP contribution in [0.4, 0.5) is 11.4 Å². The molecule has 142 valence electrons. The first-order chi connectivity index (χ1) is 12.5. The average molecular weight is 357 g/mol. The van der Waals surface area contributed by atoms with E-state index >= 15 is 0 Å². The van der Waals surface area contributed by atoms with Crippen LogP contribution in [0.15, 0.2) is 18.2 Å². The van der Waals surface area contributed by atoms with E-state index in [1.165, 1.54) is 12.8 Å². The van der Waals surface area contributed by atoms with Crippen LogP contribution in [0.25, 0.3) is 0 Å². The maximum absolute atomic E-state index is 12.8. The van der Waals surface area contributed by atoms with Gasteiger partial charge in [-0.1, -0.05) is 12.8 Å². The third-order valence-electron chi connectivity index (χ3n) is 5.90. The smallest absolute Gasteiger partial charge is 0.240 e. The number of nitrogens with zero attached hydrogens (tertiary/aromatic N) is 1. The molecule has 2 saturated carbocycles. The van der Waals surface area contributed by atoms with Gasteiger partial charge in [-0.2, -0.15) is 0 Å². The average Bonchev–Trinajstić information content (AvgIpc) is 3.30. The van der Waals surface area contributed by atoms with Crippen molar-refractivity contribution in [2.75, 3.05) is 23.3 Å². The standard InChI is InChI=1S/C21H31N3O2/c1-4-24(5-2)17-10-11-18(15(3)14-17)23-20(26)21(12-13-21)19(25)22-16-8-6-7-9-16/h10-11,14,16H,4-9,12-13H2,1-3H3,(H,22,25)(H,23,26). The number of carbonyl (C=O) groups is 2. The van der Waals surface area contributed by atoms with Crippen LogP contribution >= 0.6 is 0 Å². The number of rotatable bonds is 7. The van der Waals surface area contributed by atoms with E-state index in [2.05, 4.69) is 35.4 Å². The third-order valence-corrected chi connectivity index (χ3v) is 5.90. The van der Waals surface area contributed by atoms with Crippen molar-refractivity contribution in [3.8, 4) is 0 Å². The molecule has 2 amide bonds. The van der Waals surface area contributed by atoms with Crippen LogP contribution in [-0.2, 0) is 9.59 Å². The molecule has 1 aromatic carbocycles. The topological polar surface area (TPSA) is 61.4 Å². The summed E-state index contributed by atoms with van der Waals surface area (Å²) in [5.41, 5.74) is 2.12. The summed E-state index contributed by atoms with van der Waals surface area (Å²) in [6, 6.07) is 6.34. The summed E-state index contributed by atoms with van der Waals surface area (Å²) in [6.07, 6.45) is 5.71. The quantitative estimate of drug-likeness (QED) is 0.733. The van der Waals surface area contributed by atoms with Gasteiger partial charge in [0.2, 0.25) is 11.8 Å². The normalized spacial score (nSPS) is 18.4. The van der Waals surface area contributed by atoms with E-state index in [-0.39, 0.29) is 17.9 Å². The molecule has 0 spiro atoms. The Hall–Kier alpha value is -2.04. The first-order valence-electron chi connectivity index (χ1n) is 9.98. The molecule has 0 aromatic heterocycles. The van der Waals surface area contributed by atoms with Crippen molar-refractivity contribution in [2.45, 2.75) is 65.3 Å². The molecule has 0 unspecified atom stereocenters. The molecule has 2 N–H and O–H groups in total. The van der Waals surface area contributed by atoms with Crippen LogP contribution in [0.2, 0.25) is 0 Å². The third kappa shape index (κ3) is 3.71. The Morgan fingerprint density at radius 3 is 2.31 bits per heavy atom. The van der Waals surface area contributed by atoms with Crippen LogP contribution in [0.5, 0.6) is 0 Å². The summed E-state index contributed by atoms with van der Waals surface area (Å²) in [4.78, 5) is 27.7. The minimum Gasteiger partial charge on any atom is -0.372 e. The van der Waals surface area contributed by atoms with Gasteiger partial charge in [0.1, 0.15) is 5.41 Å². The molecule has 2 aliphatic rings. The Kier molecular flexibility index (Phi) is 5.54. The van der Waals surface area contributed by atoms with E-state index in [0.29, 0.717) is 12.8 Å². The molecule has 3 rings (SSSR count). The fourth-order valence-corrected chi connectivity index (χ4v) is 3.89. The van der Waals surface area contributed by atoms with E-state index in [4.69, 9.17) is 0 Å². The number of carbonyl (C=O) groups excluding carboxylic acids is 2. The van der Waals surface area contributed by atoms with E-state index in [9.17, 15) is 9.59 Å². The van der Waals surface area contributed by atoms with Gasteiger partial charge in [-0.15, -0.1) is 0 Å². The van der Waals surface area contributed by atoms with Gasteiger partial charge in [0, 0.05) is 30.5 Å². The van der Waals surface area contributed by atoms with E-state index < -0.39 is 5.41 Å². The summed E-state index contributed by atoms with van der Waals surface area (Å²) in [5, 5.41) is 6.10. The summed E-state index contributed by atoms with van der Waals surface area (Å²) in [5.74, 6) is -0.244. The molecule has 0 bridgehead atoms. The molecule has 1 aromatic rings. The van der Waals surface area contributed by atoms with Crippen LogP contribution < -0.4 is 15.5 Å². The Labute approximate surface area is 156 Å². The number of hydrogen-bond acceptors (Lipinski definition) is 3. The van der Waals surface area contributed by atoms with Crippen molar-refractivity contribution < 1.29 is 9.59 Å². The van der Waals surface area contributed by atoms with Gasteiger partial charge >= 0.3 is 0 Å². The summed E-state index contributed by atoms with van der Waals surface area (Å²) in [7, 11) is 0. The molecule has 2 aliphatic carbocycles. The van der Waals surface area contributed by atoms with Crippen LogP contribution in [0.1, 0.15) is 57.9 Å². The molecule has 5 nitrogen and oxygen atoms in total. The largest absolute Gasteiger partial charge is 0.372 e. The lowest BCUT2D eigenvalue weighted by Gasteiger charge is -2.23. The summed E-state index contributed by atoms with van der Waals surface area (Å²) >= 11 is 0. The van der Waals surface area contributed by atoms with Gasteiger partial charge in [-0.3, -0.25) is 9.59 Å². The molecule has 0 saturated heterocycles. The number of nitrogens with one attached hydrogen (secondary N) is 2. The Morgan fingerprint density at radius 2 is 1.77 bits per heavy atom. The van der Waals surface area contributed by atoms with Gasteiger partial charge in [0.05, 0.1) is 0 Å². The van der Waals surface area contributed by atoms with Crippen LogP contribution in [0, 0.1) is 12.3 Å². The molecule has 5 heteroatoms. The highest BCUT2D eigenvalue weighted by molar-refractivity contribution is 6.13. The zero-order chi connectivity index (χ0) is 18.7. The van der Waals surface area contributed by atoms with Gasteiger partial charge in [0.15, 0.2) is 0 Å². The van der Waals surface area contributed by atoms with E-state index in [1.54, 1.807) is 0 Å². The second kappa shape index (κ2) is 7.68. The monoisotopic (exact) mass is 357 g/mol. The Morgan fingerprint density at radius 1 is 1.12 bits per heavy atom. The van der Waals surface area contributed by atoms with Gasteiger partial charge in [-0.05, 0) is 70.2 Å². The fraction of sp³-hybridized carbons (Fsp3) is 0.619. The Balaban J connectivity index is 1.66. The van der Waals surface area contributed by atoms with Crippen molar-refractivity contribution in [2.24, 2.45) is 5.41 Å². The molecular weight excluding hydrogens is 326 g/mol. The van der Waals surface area contributed by atoms with Crippen LogP contribution in [-0.4, -0.2) is 30.9 Å². The molecule has 2 fully saturated rings. The second-order valence-electron chi connectivity index (χ2n) is 7.66. The van der Waals surface area contributed by atoms with Gasteiger partial charge in [0.25, 0.3) is 0 Å². The Bertz CT molecular complexity index is 672. The van der Waals surface area contributed by atoms with Crippen LogP contribution in [0.3, 0.4) is 0 Å². The minimum atomic E-state index is -0.855. The predicted molar refractivity (Wildman–Crippen MR) is 105 cm³/mol. The molecule has 0 atom stereocenters. The lowest BCUT2D eigenvalue weighted by atomic mass is 10.0. The van der Waals surface area contributed by atoms with E-state index in [1.807, 2.05) is 19.1 Å². The SMILES string of the molecule is CCN(CC)c1ccc(NC(=O)C2(C(=O)NC3CCCC3)CC2)c(C)c1. The van der Waals surface area contributed by atoms with E-state index in [0.717, 1.165) is 42.9 Å².